The Morgan fingerprint density at radius 3 is 2.50 bits per heavy atom. The van der Waals surface area contributed by atoms with Crippen molar-refractivity contribution in [2.75, 3.05) is 31.5 Å². The van der Waals surface area contributed by atoms with Crippen LogP contribution in [0.4, 0.5) is 5.69 Å². The van der Waals surface area contributed by atoms with Crippen LogP contribution >= 0.6 is 11.8 Å². The quantitative estimate of drug-likeness (QED) is 0.809. The third-order valence-corrected chi connectivity index (χ3v) is 9.10. The third kappa shape index (κ3) is 4.25. The number of piperazine rings is 1. The maximum atomic E-state index is 13.2. The van der Waals surface area contributed by atoms with E-state index in [1.807, 2.05) is 13.0 Å². The van der Waals surface area contributed by atoms with Gasteiger partial charge < -0.3 is 5.32 Å². The lowest BCUT2D eigenvalue weighted by molar-refractivity contribution is -0.116. The van der Waals surface area contributed by atoms with Crippen LogP contribution < -0.4 is 5.32 Å². The average molecular weight is 424 g/mol. The minimum Gasteiger partial charge on any atom is -0.325 e. The van der Waals surface area contributed by atoms with Crippen LogP contribution in [-0.4, -0.2) is 61.0 Å². The summed E-state index contributed by atoms with van der Waals surface area (Å²) >= 11 is 1.61. The molecule has 1 aromatic carbocycles. The van der Waals surface area contributed by atoms with E-state index < -0.39 is 10.0 Å². The van der Waals surface area contributed by atoms with Crippen LogP contribution in [0.25, 0.3) is 0 Å². The van der Waals surface area contributed by atoms with Gasteiger partial charge in [-0.05, 0) is 31.0 Å². The van der Waals surface area contributed by atoms with Gasteiger partial charge in [0.05, 0.1) is 10.6 Å². The molecule has 1 aromatic rings. The number of anilines is 1. The van der Waals surface area contributed by atoms with Gasteiger partial charge in [-0.15, -0.1) is 11.8 Å². The molecule has 1 saturated heterocycles. The summed E-state index contributed by atoms with van der Waals surface area (Å²) < 4.78 is 28.0. The molecule has 0 bridgehead atoms. The first-order valence-electron chi connectivity index (χ1n) is 10.3. The normalized spacial score (nSPS) is 25.8. The topological polar surface area (TPSA) is 69.7 Å². The molecule has 1 aliphatic carbocycles. The second-order valence-electron chi connectivity index (χ2n) is 8.07. The molecule has 1 N–H and O–H groups in total. The van der Waals surface area contributed by atoms with E-state index >= 15 is 0 Å². The second-order valence-corrected chi connectivity index (χ2v) is 11.5. The minimum absolute atomic E-state index is 0.0607. The van der Waals surface area contributed by atoms with Gasteiger partial charge in [-0.25, -0.2) is 8.42 Å². The monoisotopic (exact) mass is 423 g/mol. The highest BCUT2D eigenvalue weighted by atomic mass is 32.2. The summed E-state index contributed by atoms with van der Waals surface area (Å²) in [5, 5.41) is 3.04. The van der Waals surface area contributed by atoms with Gasteiger partial charge in [0.25, 0.3) is 0 Å². The van der Waals surface area contributed by atoms with E-state index in [0.29, 0.717) is 31.2 Å². The van der Waals surface area contributed by atoms with Crippen LogP contribution in [-0.2, 0) is 14.8 Å². The van der Waals surface area contributed by atoms with Crippen LogP contribution in [0.1, 0.15) is 45.4 Å². The summed E-state index contributed by atoms with van der Waals surface area (Å²) in [7, 11) is -3.55. The molecule has 2 aliphatic heterocycles. The molecular weight excluding hydrogens is 394 g/mol. The summed E-state index contributed by atoms with van der Waals surface area (Å²) in [4.78, 5) is 15.7. The molecule has 28 heavy (non-hydrogen) atoms. The molecule has 2 fully saturated rings. The highest BCUT2D eigenvalue weighted by Gasteiger charge is 2.32. The second kappa shape index (κ2) is 8.34. The zero-order chi connectivity index (χ0) is 19.7. The number of thioether (sulfide) groups is 1. The van der Waals surface area contributed by atoms with E-state index in [4.69, 9.17) is 0 Å². The van der Waals surface area contributed by atoms with Crippen molar-refractivity contribution in [1.29, 1.82) is 0 Å². The number of sulfonamides is 1. The Kier molecular flexibility index (Phi) is 6.01. The number of fused-ring (bicyclic) bond motifs is 1. The van der Waals surface area contributed by atoms with E-state index in [0.717, 1.165) is 18.0 Å². The Labute approximate surface area is 172 Å². The van der Waals surface area contributed by atoms with E-state index in [2.05, 4.69) is 10.2 Å². The highest BCUT2D eigenvalue weighted by molar-refractivity contribution is 8.00. The number of carbonyl (C=O) groups is 1. The standard InChI is InChI=1S/C20H29N3O3S2/c1-15-13-20(24)21-18-14-17(7-8-19(18)27-15)28(25,26)23-11-9-22(10-12-23)16-5-3-2-4-6-16/h7-8,14-16H,2-6,9-13H2,1H3,(H,21,24). The fourth-order valence-corrected chi connectivity index (χ4v) is 7.00. The lowest BCUT2D eigenvalue weighted by atomic mass is 9.94. The highest BCUT2D eigenvalue weighted by Crippen LogP contribution is 2.37. The molecule has 1 saturated carbocycles. The molecule has 6 nitrogen and oxygen atoms in total. The summed E-state index contributed by atoms with van der Waals surface area (Å²) in [6.07, 6.45) is 6.84. The lowest BCUT2D eigenvalue weighted by Crippen LogP contribution is -2.52. The maximum Gasteiger partial charge on any atom is 0.243 e. The number of benzene rings is 1. The Morgan fingerprint density at radius 1 is 1.07 bits per heavy atom. The van der Waals surface area contributed by atoms with Crippen molar-refractivity contribution < 1.29 is 13.2 Å². The zero-order valence-electron chi connectivity index (χ0n) is 16.4. The zero-order valence-corrected chi connectivity index (χ0v) is 18.0. The first-order valence-corrected chi connectivity index (χ1v) is 12.6. The third-order valence-electron chi connectivity index (χ3n) is 6.03. The van der Waals surface area contributed by atoms with Crippen molar-refractivity contribution in [3.8, 4) is 0 Å². The number of nitrogens with one attached hydrogen (secondary N) is 1. The predicted molar refractivity (Wildman–Crippen MR) is 112 cm³/mol. The van der Waals surface area contributed by atoms with Crippen LogP contribution in [0, 0.1) is 0 Å². The fraction of sp³-hybridized carbons (Fsp3) is 0.650. The van der Waals surface area contributed by atoms with E-state index in [1.165, 1.54) is 32.1 Å². The predicted octanol–water partition coefficient (Wildman–Crippen LogP) is 3.15. The Bertz CT molecular complexity index is 829. The Hall–Kier alpha value is -1.09. The van der Waals surface area contributed by atoms with Crippen molar-refractivity contribution >= 4 is 33.4 Å². The molecule has 0 radical (unpaired) electrons. The molecule has 0 aromatic heterocycles. The molecule has 4 rings (SSSR count). The van der Waals surface area contributed by atoms with E-state index in [9.17, 15) is 13.2 Å². The first kappa shape index (κ1) is 20.2. The van der Waals surface area contributed by atoms with Gasteiger partial charge in [-0.1, -0.05) is 26.2 Å². The van der Waals surface area contributed by atoms with Gasteiger partial charge in [-0.3, -0.25) is 9.69 Å². The number of nitrogens with zero attached hydrogens (tertiary/aromatic N) is 2. The average Bonchev–Trinajstić information content (AvgIpc) is 2.84. The van der Waals surface area contributed by atoms with Crippen LogP contribution in [0.2, 0.25) is 0 Å². The van der Waals surface area contributed by atoms with Crippen LogP contribution in [0.15, 0.2) is 28.0 Å². The fourth-order valence-electron chi connectivity index (χ4n) is 4.50. The molecule has 1 atom stereocenters. The van der Waals surface area contributed by atoms with Crippen LogP contribution in [0.5, 0.6) is 0 Å². The number of rotatable bonds is 3. The SMILES string of the molecule is CC1CC(=O)Nc2cc(S(=O)(=O)N3CCN(C4CCCCC4)CC3)ccc2S1. The maximum absolute atomic E-state index is 13.2. The molecular formula is C20H29N3O3S2. The van der Waals surface area contributed by atoms with Crippen molar-refractivity contribution in [1.82, 2.24) is 9.21 Å². The van der Waals surface area contributed by atoms with Crippen molar-refractivity contribution in [2.24, 2.45) is 0 Å². The number of amides is 1. The smallest absolute Gasteiger partial charge is 0.243 e. The molecule has 2 heterocycles. The molecule has 8 heteroatoms. The molecule has 1 amide bonds. The van der Waals surface area contributed by atoms with Gasteiger partial charge >= 0.3 is 0 Å². The Morgan fingerprint density at radius 2 is 1.79 bits per heavy atom. The van der Waals surface area contributed by atoms with Gasteiger partial charge in [0.1, 0.15) is 0 Å². The van der Waals surface area contributed by atoms with E-state index in [-0.39, 0.29) is 16.1 Å². The molecule has 3 aliphatic rings. The lowest BCUT2D eigenvalue weighted by Gasteiger charge is -2.40. The van der Waals surface area contributed by atoms with Crippen LogP contribution in [0.3, 0.4) is 0 Å². The summed E-state index contributed by atoms with van der Waals surface area (Å²) in [5.41, 5.74) is 0.612. The first-order chi connectivity index (χ1) is 13.4. The minimum atomic E-state index is -3.55. The largest absolute Gasteiger partial charge is 0.325 e. The van der Waals surface area contributed by atoms with Gasteiger partial charge in [0, 0.05) is 48.8 Å². The number of hydrogen-bond acceptors (Lipinski definition) is 5. The van der Waals surface area contributed by atoms with Crippen molar-refractivity contribution in [2.45, 2.75) is 66.5 Å². The number of carbonyl (C=O) groups excluding carboxylic acids is 1. The molecule has 0 spiro atoms. The number of hydrogen-bond donors (Lipinski definition) is 1. The van der Waals surface area contributed by atoms with Crippen molar-refractivity contribution in [3.05, 3.63) is 18.2 Å². The molecule has 1 unspecified atom stereocenters. The van der Waals surface area contributed by atoms with E-state index in [1.54, 1.807) is 28.2 Å². The Balaban J connectivity index is 1.47. The van der Waals surface area contributed by atoms with Crippen molar-refractivity contribution in [3.63, 3.8) is 0 Å². The summed E-state index contributed by atoms with van der Waals surface area (Å²) in [6.45, 7) is 4.69. The summed E-state index contributed by atoms with van der Waals surface area (Å²) in [6, 6.07) is 5.76. The van der Waals surface area contributed by atoms with Gasteiger partial charge in [0.15, 0.2) is 0 Å². The van der Waals surface area contributed by atoms with Gasteiger partial charge in [0.2, 0.25) is 15.9 Å². The molecule has 154 valence electrons. The summed E-state index contributed by atoms with van der Waals surface area (Å²) in [5.74, 6) is -0.0607. The van der Waals surface area contributed by atoms with Gasteiger partial charge in [-0.2, -0.15) is 4.31 Å².